The first-order valence-electron chi connectivity index (χ1n) is 3.07. The molecule has 0 aromatic heterocycles. The molecule has 1 amide bonds. The molecule has 0 saturated heterocycles. The molecule has 0 heterocycles. The second-order valence-corrected chi connectivity index (χ2v) is 2.36. The molecule has 0 atom stereocenters. The Bertz CT molecular complexity index is 187. The standard InChI is InChI=1S/C7H9Cl2NO/c1-2-3-4-10-7(11)6(9)5-8/h2-3,5H,4H2,1H3,(H,10,11)/b3-2+,6-5+. The highest BCUT2D eigenvalue weighted by molar-refractivity contribution is 6.46. The lowest BCUT2D eigenvalue weighted by molar-refractivity contribution is -0.116. The van der Waals surface area contributed by atoms with Gasteiger partial charge in [-0.15, -0.1) is 0 Å². The van der Waals surface area contributed by atoms with E-state index in [2.05, 4.69) is 5.32 Å². The summed E-state index contributed by atoms with van der Waals surface area (Å²) in [6.45, 7) is 2.33. The van der Waals surface area contributed by atoms with E-state index >= 15 is 0 Å². The van der Waals surface area contributed by atoms with Crippen molar-refractivity contribution in [3.63, 3.8) is 0 Å². The minimum atomic E-state index is -0.361. The van der Waals surface area contributed by atoms with Crippen LogP contribution in [0.3, 0.4) is 0 Å². The molecule has 1 N–H and O–H groups in total. The van der Waals surface area contributed by atoms with Crippen molar-refractivity contribution in [3.8, 4) is 0 Å². The predicted octanol–water partition coefficient (Wildman–Crippen LogP) is 2.00. The Hall–Kier alpha value is -0.470. The van der Waals surface area contributed by atoms with E-state index in [1.807, 2.05) is 13.0 Å². The normalized spacial score (nSPS) is 12.1. The molecule has 0 rings (SSSR count). The van der Waals surface area contributed by atoms with E-state index in [1.54, 1.807) is 6.08 Å². The minimum Gasteiger partial charge on any atom is -0.348 e. The fraction of sp³-hybridized carbons (Fsp3) is 0.286. The first-order chi connectivity index (χ1) is 5.22. The van der Waals surface area contributed by atoms with Crippen molar-refractivity contribution in [2.45, 2.75) is 6.92 Å². The van der Waals surface area contributed by atoms with Gasteiger partial charge < -0.3 is 5.32 Å². The maximum atomic E-state index is 10.8. The highest BCUT2D eigenvalue weighted by Gasteiger charge is 2.02. The SMILES string of the molecule is C/C=C/CNC(=O)/C(Cl)=C\Cl. The molecule has 0 spiro atoms. The molecular formula is C7H9Cl2NO. The van der Waals surface area contributed by atoms with Crippen molar-refractivity contribution in [3.05, 3.63) is 22.7 Å². The molecular weight excluding hydrogens is 185 g/mol. The molecule has 0 aromatic carbocycles. The highest BCUT2D eigenvalue weighted by Crippen LogP contribution is 2.01. The molecule has 11 heavy (non-hydrogen) atoms. The number of carbonyl (C=O) groups excluding carboxylic acids is 1. The molecule has 0 bridgehead atoms. The Labute approximate surface area is 75.9 Å². The summed E-state index contributed by atoms with van der Waals surface area (Å²) in [5.74, 6) is -0.361. The summed E-state index contributed by atoms with van der Waals surface area (Å²) in [5.41, 5.74) is 1.03. The molecule has 62 valence electrons. The van der Waals surface area contributed by atoms with Crippen LogP contribution in [0.15, 0.2) is 22.7 Å². The highest BCUT2D eigenvalue weighted by atomic mass is 35.5. The van der Waals surface area contributed by atoms with Gasteiger partial charge in [0.2, 0.25) is 0 Å². The third-order valence-electron chi connectivity index (χ3n) is 0.929. The first-order valence-corrected chi connectivity index (χ1v) is 3.89. The van der Waals surface area contributed by atoms with Crippen molar-refractivity contribution in [1.29, 1.82) is 0 Å². The minimum absolute atomic E-state index is 0.00355. The molecule has 0 aromatic rings. The summed E-state index contributed by atoms with van der Waals surface area (Å²) in [6, 6.07) is 0. The Balaban J connectivity index is 3.70. The van der Waals surface area contributed by atoms with Gasteiger partial charge in [-0.1, -0.05) is 35.4 Å². The van der Waals surface area contributed by atoms with Gasteiger partial charge >= 0.3 is 0 Å². The van der Waals surface area contributed by atoms with E-state index in [0.717, 1.165) is 5.54 Å². The zero-order valence-electron chi connectivity index (χ0n) is 6.10. The summed E-state index contributed by atoms with van der Waals surface area (Å²) < 4.78 is 0. The number of hydrogen-bond acceptors (Lipinski definition) is 1. The molecule has 0 saturated carbocycles. The quantitative estimate of drug-likeness (QED) is 0.540. The topological polar surface area (TPSA) is 29.1 Å². The largest absolute Gasteiger partial charge is 0.348 e. The van der Waals surface area contributed by atoms with Gasteiger partial charge in [0.15, 0.2) is 0 Å². The van der Waals surface area contributed by atoms with Crippen LogP contribution in [0.5, 0.6) is 0 Å². The maximum absolute atomic E-state index is 10.8. The summed E-state index contributed by atoms with van der Waals surface area (Å²) >= 11 is 10.6. The van der Waals surface area contributed by atoms with E-state index in [4.69, 9.17) is 23.2 Å². The fourth-order valence-electron chi connectivity index (χ4n) is 0.403. The van der Waals surface area contributed by atoms with Crippen LogP contribution in [-0.4, -0.2) is 12.5 Å². The lowest BCUT2D eigenvalue weighted by atomic mass is 10.5. The zero-order valence-corrected chi connectivity index (χ0v) is 7.62. The number of carbonyl (C=O) groups is 1. The van der Waals surface area contributed by atoms with Crippen molar-refractivity contribution < 1.29 is 4.79 Å². The van der Waals surface area contributed by atoms with Gasteiger partial charge in [0.1, 0.15) is 5.03 Å². The summed E-state index contributed by atoms with van der Waals surface area (Å²) in [6.07, 6.45) is 3.63. The first kappa shape index (κ1) is 10.5. The molecule has 2 nitrogen and oxygen atoms in total. The molecule has 0 radical (unpaired) electrons. The molecule has 0 aliphatic heterocycles. The summed E-state index contributed by atoms with van der Waals surface area (Å²) in [5, 5.41) is 2.52. The number of halogens is 2. The monoisotopic (exact) mass is 193 g/mol. The molecule has 4 heteroatoms. The Kier molecular flexibility index (Phi) is 5.99. The van der Waals surface area contributed by atoms with Crippen LogP contribution in [0.25, 0.3) is 0 Å². The fourth-order valence-corrected chi connectivity index (χ4v) is 0.569. The van der Waals surface area contributed by atoms with E-state index < -0.39 is 0 Å². The van der Waals surface area contributed by atoms with Crippen LogP contribution in [-0.2, 0) is 4.79 Å². The second-order valence-electron chi connectivity index (χ2n) is 1.74. The van der Waals surface area contributed by atoms with Crippen molar-refractivity contribution in [2.75, 3.05) is 6.54 Å². The predicted molar refractivity (Wildman–Crippen MR) is 47.6 cm³/mol. The molecule has 0 unspecified atom stereocenters. The van der Waals surface area contributed by atoms with Gasteiger partial charge in [0.05, 0.1) is 0 Å². The summed E-state index contributed by atoms with van der Waals surface area (Å²) in [4.78, 5) is 10.8. The van der Waals surface area contributed by atoms with Crippen LogP contribution < -0.4 is 5.32 Å². The summed E-state index contributed by atoms with van der Waals surface area (Å²) in [7, 11) is 0. The van der Waals surface area contributed by atoms with Crippen molar-refractivity contribution >= 4 is 29.1 Å². The van der Waals surface area contributed by atoms with Crippen LogP contribution in [0.1, 0.15) is 6.92 Å². The van der Waals surface area contributed by atoms with Crippen LogP contribution >= 0.6 is 23.2 Å². The van der Waals surface area contributed by atoms with Crippen LogP contribution in [0, 0.1) is 0 Å². The molecule has 0 fully saturated rings. The number of rotatable bonds is 3. The average molecular weight is 194 g/mol. The van der Waals surface area contributed by atoms with Gasteiger partial charge in [-0.25, -0.2) is 0 Å². The van der Waals surface area contributed by atoms with Gasteiger partial charge in [0.25, 0.3) is 5.91 Å². The number of amides is 1. The Morgan fingerprint density at radius 2 is 2.27 bits per heavy atom. The molecule has 0 aliphatic carbocycles. The number of nitrogens with one attached hydrogen (secondary N) is 1. The number of allylic oxidation sites excluding steroid dienone is 1. The van der Waals surface area contributed by atoms with E-state index in [9.17, 15) is 4.79 Å². The third-order valence-corrected chi connectivity index (χ3v) is 1.54. The van der Waals surface area contributed by atoms with E-state index in [1.165, 1.54) is 0 Å². The van der Waals surface area contributed by atoms with Crippen LogP contribution in [0.2, 0.25) is 0 Å². The second kappa shape index (κ2) is 6.25. The lowest BCUT2D eigenvalue weighted by Gasteiger charge is -1.97. The molecule has 0 aliphatic rings. The maximum Gasteiger partial charge on any atom is 0.263 e. The number of hydrogen-bond donors (Lipinski definition) is 1. The van der Waals surface area contributed by atoms with Crippen LogP contribution in [0.4, 0.5) is 0 Å². The Morgan fingerprint density at radius 3 is 2.73 bits per heavy atom. The Morgan fingerprint density at radius 1 is 1.64 bits per heavy atom. The van der Waals surface area contributed by atoms with Crippen molar-refractivity contribution in [2.24, 2.45) is 0 Å². The van der Waals surface area contributed by atoms with Crippen molar-refractivity contribution in [1.82, 2.24) is 5.32 Å². The van der Waals surface area contributed by atoms with Gasteiger partial charge in [-0.2, -0.15) is 0 Å². The zero-order chi connectivity index (χ0) is 8.69. The third kappa shape index (κ3) is 4.87. The lowest BCUT2D eigenvalue weighted by Crippen LogP contribution is -2.22. The smallest absolute Gasteiger partial charge is 0.263 e. The van der Waals surface area contributed by atoms with Gasteiger partial charge in [-0.3, -0.25) is 4.79 Å². The average Bonchev–Trinajstić information content (AvgIpc) is 2.03. The van der Waals surface area contributed by atoms with E-state index in [-0.39, 0.29) is 10.9 Å². The van der Waals surface area contributed by atoms with E-state index in [0.29, 0.717) is 6.54 Å². The van der Waals surface area contributed by atoms with Gasteiger partial charge in [-0.05, 0) is 6.92 Å². The van der Waals surface area contributed by atoms with Gasteiger partial charge in [0, 0.05) is 12.1 Å².